The Morgan fingerprint density at radius 2 is 0.889 bits per heavy atom. The van der Waals surface area contributed by atoms with Crippen LogP contribution in [0.1, 0.15) is 90.9 Å². The maximum Gasteiger partial charge on any atom is 0.175 e. The first-order valence-corrected chi connectivity index (χ1v) is 11.0. The Labute approximate surface area is 122 Å². The van der Waals surface area contributed by atoms with E-state index < -0.39 is 0 Å². The van der Waals surface area contributed by atoms with E-state index in [-0.39, 0.29) is 6.70 Å². The maximum absolute atomic E-state index is 5.60. The number of hydrogen-bond donors (Lipinski definition) is 0. The minimum absolute atomic E-state index is 0.0462. The molecule has 0 aliphatic carbocycles. The highest BCUT2D eigenvalue weighted by molar-refractivity contribution is 8.05. The van der Waals surface area contributed by atoms with Crippen molar-refractivity contribution < 1.29 is 0 Å². The van der Waals surface area contributed by atoms with Crippen LogP contribution in [0, 0.1) is 0 Å². The van der Waals surface area contributed by atoms with Gasteiger partial charge in [0, 0.05) is 0 Å². The van der Waals surface area contributed by atoms with Gasteiger partial charge in [0.15, 0.2) is 18.5 Å². The normalized spacial score (nSPS) is 10.8. The van der Waals surface area contributed by atoms with E-state index >= 15 is 0 Å². The Kier molecular flexibility index (Phi) is 16.0. The van der Waals surface area contributed by atoms with Crippen molar-refractivity contribution in [2.75, 3.05) is 12.3 Å². The molecule has 0 amide bonds. The molecule has 0 aromatic rings. The molecule has 0 bridgehead atoms. The zero-order valence-electron chi connectivity index (χ0n) is 12.8. The summed E-state index contributed by atoms with van der Waals surface area (Å²) < 4.78 is 0. The van der Waals surface area contributed by atoms with Crippen LogP contribution >= 0.6 is 6.70 Å². The Hall–Kier alpha value is 0.520. The van der Waals surface area contributed by atoms with Crippen LogP contribution in [0.25, 0.3) is 0 Å². The summed E-state index contributed by atoms with van der Waals surface area (Å²) in [6, 6.07) is 0. The van der Waals surface area contributed by atoms with Gasteiger partial charge >= 0.3 is 0 Å². The van der Waals surface area contributed by atoms with Gasteiger partial charge in [-0.05, 0) is 25.7 Å². The Morgan fingerprint density at radius 3 is 1.28 bits per heavy atom. The smallest absolute Gasteiger partial charge is 0.0654 e. The molecule has 108 valence electrons. The first-order valence-electron chi connectivity index (χ1n) is 8.23. The zero-order chi connectivity index (χ0) is 13.5. The molecule has 0 fully saturated rings. The third-order valence-corrected chi connectivity index (χ3v) is 6.25. The molecule has 0 aliphatic rings. The van der Waals surface area contributed by atoms with Crippen molar-refractivity contribution in [2.45, 2.75) is 90.9 Å². The lowest BCUT2D eigenvalue weighted by molar-refractivity contribution is 0.623. The maximum atomic E-state index is 5.60. The summed E-state index contributed by atoms with van der Waals surface area (Å²) in [7, 11) is 0. The predicted molar refractivity (Wildman–Crippen MR) is 90.8 cm³/mol. The fourth-order valence-corrected chi connectivity index (χ4v) is 4.40. The van der Waals surface area contributed by atoms with Gasteiger partial charge < -0.3 is 0 Å². The van der Waals surface area contributed by atoms with E-state index in [0.717, 1.165) is 0 Å². The summed E-state index contributed by atoms with van der Waals surface area (Å²) in [6.45, 7) is 4.52. The van der Waals surface area contributed by atoms with Crippen molar-refractivity contribution in [1.82, 2.24) is 0 Å². The number of unbranched alkanes of at least 4 members (excludes halogenated alkanes) is 10. The van der Waals surface area contributed by atoms with E-state index in [9.17, 15) is 0 Å². The standard InChI is InChI=1S/C16H34PS/c1-3-5-7-9-11-13-15-17(18)16-14-12-10-8-6-4-2/h3-16H2,1-2H3/q+1. The van der Waals surface area contributed by atoms with Crippen LogP contribution in [0.5, 0.6) is 0 Å². The second-order valence-corrected chi connectivity index (χ2v) is 8.87. The molecule has 0 N–H and O–H groups in total. The zero-order valence-corrected chi connectivity index (χ0v) is 14.5. The summed E-state index contributed by atoms with van der Waals surface area (Å²) in [6.07, 6.45) is 19.6. The average Bonchev–Trinajstić information content (AvgIpc) is 2.38. The van der Waals surface area contributed by atoms with E-state index in [2.05, 4.69) is 13.8 Å². The topological polar surface area (TPSA) is 0 Å². The predicted octanol–water partition coefficient (Wildman–Crippen LogP) is 6.65. The third kappa shape index (κ3) is 14.6. The summed E-state index contributed by atoms with van der Waals surface area (Å²) in [5.74, 6) is 0. The highest BCUT2D eigenvalue weighted by Gasteiger charge is 2.08. The van der Waals surface area contributed by atoms with Crippen LogP contribution in [0.2, 0.25) is 0 Å². The molecule has 0 aromatic carbocycles. The van der Waals surface area contributed by atoms with Gasteiger partial charge in [-0.3, -0.25) is 0 Å². The molecule has 0 atom stereocenters. The van der Waals surface area contributed by atoms with E-state index in [1.54, 1.807) is 0 Å². The molecule has 0 spiro atoms. The Morgan fingerprint density at radius 1 is 0.556 bits per heavy atom. The van der Waals surface area contributed by atoms with Crippen LogP contribution in [-0.4, -0.2) is 12.3 Å². The van der Waals surface area contributed by atoms with Crippen molar-refractivity contribution >= 4 is 18.5 Å². The molecule has 0 aliphatic heterocycles. The molecule has 0 nitrogen and oxygen atoms in total. The van der Waals surface area contributed by atoms with E-state index in [4.69, 9.17) is 11.8 Å². The van der Waals surface area contributed by atoms with Gasteiger partial charge in [0.25, 0.3) is 0 Å². The van der Waals surface area contributed by atoms with Crippen LogP contribution < -0.4 is 0 Å². The second kappa shape index (κ2) is 15.6. The van der Waals surface area contributed by atoms with Gasteiger partial charge in [0.2, 0.25) is 0 Å². The van der Waals surface area contributed by atoms with Gasteiger partial charge in [-0.1, -0.05) is 65.2 Å². The van der Waals surface area contributed by atoms with Gasteiger partial charge in [0.1, 0.15) is 12.3 Å². The first-order chi connectivity index (χ1) is 8.81. The van der Waals surface area contributed by atoms with Gasteiger partial charge in [-0.25, -0.2) is 0 Å². The molecular weight excluding hydrogens is 255 g/mol. The molecule has 2 heteroatoms. The Balaban J connectivity index is 3.12. The second-order valence-electron chi connectivity index (χ2n) is 5.46. The summed E-state index contributed by atoms with van der Waals surface area (Å²) in [4.78, 5) is 0. The molecule has 0 unspecified atom stereocenters. The number of rotatable bonds is 14. The van der Waals surface area contributed by atoms with Gasteiger partial charge in [-0.15, -0.1) is 0 Å². The van der Waals surface area contributed by atoms with E-state index in [1.165, 1.54) is 89.4 Å². The minimum atomic E-state index is -0.0462. The lowest BCUT2D eigenvalue weighted by atomic mass is 10.1. The lowest BCUT2D eigenvalue weighted by Gasteiger charge is -1.98. The minimum Gasteiger partial charge on any atom is -0.0654 e. The van der Waals surface area contributed by atoms with Crippen molar-refractivity contribution in [2.24, 2.45) is 0 Å². The number of hydrogen-bond acceptors (Lipinski definition) is 1. The van der Waals surface area contributed by atoms with Crippen molar-refractivity contribution in [3.63, 3.8) is 0 Å². The monoisotopic (exact) mass is 289 g/mol. The van der Waals surface area contributed by atoms with Crippen LogP contribution in [0.3, 0.4) is 0 Å². The van der Waals surface area contributed by atoms with Crippen LogP contribution in [0.4, 0.5) is 0 Å². The quantitative estimate of drug-likeness (QED) is 0.255. The molecule has 0 saturated heterocycles. The molecule has 0 rings (SSSR count). The fraction of sp³-hybridized carbons (Fsp3) is 1.00. The van der Waals surface area contributed by atoms with Crippen molar-refractivity contribution in [1.29, 1.82) is 0 Å². The lowest BCUT2D eigenvalue weighted by Crippen LogP contribution is -1.87. The largest absolute Gasteiger partial charge is 0.175 e. The first kappa shape index (κ1) is 18.5. The molecule has 0 heterocycles. The summed E-state index contributed by atoms with van der Waals surface area (Å²) >= 11 is 5.60. The average molecular weight is 289 g/mol. The summed E-state index contributed by atoms with van der Waals surface area (Å²) in [5.41, 5.74) is 0. The van der Waals surface area contributed by atoms with Crippen molar-refractivity contribution in [3.05, 3.63) is 0 Å². The molecule has 0 aromatic heterocycles. The molecule has 18 heavy (non-hydrogen) atoms. The fourth-order valence-electron chi connectivity index (χ4n) is 2.25. The molecule has 0 saturated carbocycles. The van der Waals surface area contributed by atoms with Crippen LogP contribution in [-0.2, 0) is 11.8 Å². The van der Waals surface area contributed by atoms with E-state index in [0.29, 0.717) is 0 Å². The Bertz CT molecular complexity index is 162. The van der Waals surface area contributed by atoms with E-state index in [1.807, 2.05) is 0 Å². The third-order valence-electron chi connectivity index (χ3n) is 3.52. The SMILES string of the molecule is CCCCCCCC[P+](=S)CCCCCCCC. The van der Waals surface area contributed by atoms with Gasteiger partial charge in [0.05, 0.1) is 0 Å². The molecule has 0 radical (unpaired) electrons. The summed E-state index contributed by atoms with van der Waals surface area (Å²) in [5, 5.41) is 0. The van der Waals surface area contributed by atoms with Gasteiger partial charge in [-0.2, -0.15) is 0 Å². The molecular formula is C16H34PS+. The van der Waals surface area contributed by atoms with Crippen molar-refractivity contribution in [3.8, 4) is 0 Å². The highest BCUT2D eigenvalue weighted by Crippen LogP contribution is 2.25. The highest BCUT2D eigenvalue weighted by atomic mass is 32.4. The van der Waals surface area contributed by atoms with Crippen LogP contribution in [0.15, 0.2) is 0 Å².